The van der Waals surface area contributed by atoms with Crippen LogP contribution in [0.15, 0.2) is 0 Å². The van der Waals surface area contributed by atoms with Gasteiger partial charge in [-0.2, -0.15) is 0 Å². The number of carboxylic acid groups (broad SMARTS) is 1. The summed E-state index contributed by atoms with van der Waals surface area (Å²) in [6.45, 7) is 0. The summed E-state index contributed by atoms with van der Waals surface area (Å²) in [6, 6.07) is 0.102. The van der Waals surface area contributed by atoms with E-state index in [4.69, 9.17) is 5.11 Å². The van der Waals surface area contributed by atoms with Gasteiger partial charge in [0.1, 0.15) is 0 Å². The number of carbonyl (C=O) groups is 2. The topological polar surface area (TPSA) is 66.4 Å². The van der Waals surface area contributed by atoms with Crippen LogP contribution >= 0.6 is 0 Å². The third kappa shape index (κ3) is 1.94. The van der Waals surface area contributed by atoms with Gasteiger partial charge in [0.05, 0.1) is 5.92 Å². The number of nitrogens with one attached hydrogen (secondary N) is 1. The van der Waals surface area contributed by atoms with Gasteiger partial charge in [0.15, 0.2) is 0 Å². The second-order valence-electron chi connectivity index (χ2n) is 5.84. The normalized spacial score (nSPS) is 43.2. The maximum Gasteiger partial charge on any atom is 0.306 e. The van der Waals surface area contributed by atoms with Crippen molar-refractivity contribution in [2.24, 2.45) is 23.7 Å². The zero-order chi connectivity index (χ0) is 12.0. The molecule has 1 amide bonds. The maximum absolute atomic E-state index is 12.0. The minimum Gasteiger partial charge on any atom is -0.481 e. The summed E-state index contributed by atoms with van der Waals surface area (Å²) >= 11 is 0. The summed E-state index contributed by atoms with van der Waals surface area (Å²) < 4.78 is 0. The van der Waals surface area contributed by atoms with Gasteiger partial charge in [-0.05, 0) is 43.9 Å². The van der Waals surface area contributed by atoms with Gasteiger partial charge in [-0.1, -0.05) is 6.42 Å². The lowest BCUT2D eigenvalue weighted by atomic mass is 10.1. The fraction of sp³-hybridized carbons (Fsp3) is 0.846. The predicted molar refractivity (Wildman–Crippen MR) is 61.2 cm³/mol. The molecule has 0 aliphatic heterocycles. The van der Waals surface area contributed by atoms with Crippen molar-refractivity contribution in [2.75, 3.05) is 0 Å². The van der Waals surface area contributed by atoms with E-state index in [2.05, 4.69) is 5.32 Å². The lowest BCUT2D eigenvalue weighted by molar-refractivity contribution is -0.141. The van der Waals surface area contributed by atoms with E-state index in [-0.39, 0.29) is 23.8 Å². The van der Waals surface area contributed by atoms with Crippen LogP contribution in [0, 0.1) is 23.7 Å². The van der Waals surface area contributed by atoms with Crippen molar-refractivity contribution in [1.82, 2.24) is 5.32 Å². The molecule has 0 bridgehead atoms. The van der Waals surface area contributed by atoms with Crippen LogP contribution in [0.4, 0.5) is 0 Å². The SMILES string of the molecule is O=C(N[C@H]1CC[C@@H](C(=O)O)C1)C1C2CCCC21. The van der Waals surface area contributed by atoms with Crippen LogP contribution in [0.1, 0.15) is 38.5 Å². The number of carboxylic acids is 1. The van der Waals surface area contributed by atoms with Gasteiger partial charge in [-0.3, -0.25) is 9.59 Å². The number of hydrogen-bond acceptors (Lipinski definition) is 2. The van der Waals surface area contributed by atoms with Crippen LogP contribution in [0.2, 0.25) is 0 Å². The molecule has 4 atom stereocenters. The first-order valence-electron chi connectivity index (χ1n) is 6.70. The molecule has 2 N–H and O–H groups in total. The highest BCUT2D eigenvalue weighted by molar-refractivity contribution is 5.83. The molecule has 94 valence electrons. The van der Waals surface area contributed by atoms with E-state index in [1.165, 1.54) is 19.3 Å². The summed E-state index contributed by atoms with van der Waals surface area (Å²) in [5, 5.41) is 12.0. The Kier molecular flexibility index (Phi) is 2.60. The molecule has 4 heteroatoms. The zero-order valence-corrected chi connectivity index (χ0v) is 9.89. The molecule has 3 rings (SSSR count). The van der Waals surface area contributed by atoms with E-state index < -0.39 is 5.97 Å². The molecule has 0 heterocycles. The number of rotatable bonds is 3. The minimum atomic E-state index is -0.718. The van der Waals surface area contributed by atoms with E-state index in [1.54, 1.807) is 0 Å². The molecule has 3 aliphatic rings. The largest absolute Gasteiger partial charge is 0.481 e. The summed E-state index contributed by atoms with van der Waals surface area (Å²) in [5.74, 6) is 0.769. The molecule has 0 radical (unpaired) electrons. The first-order chi connectivity index (χ1) is 8.16. The standard InChI is InChI=1S/C13H19NO3/c15-12(11-9-2-1-3-10(9)11)14-8-5-4-7(6-8)13(16)17/h7-11H,1-6H2,(H,14,15)(H,16,17)/t7-,8+,9?,10?,11?/m1/s1. The Bertz CT molecular complexity index is 345. The second-order valence-corrected chi connectivity index (χ2v) is 5.84. The van der Waals surface area contributed by atoms with E-state index in [0.29, 0.717) is 24.7 Å². The van der Waals surface area contributed by atoms with Crippen molar-refractivity contribution in [1.29, 1.82) is 0 Å². The van der Waals surface area contributed by atoms with Gasteiger partial charge in [-0.15, -0.1) is 0 Å². The summed E-state index contributed by atoms with van der Waals surface area (Å²) in [4.78, 5) is 22.8. The highest BCUT2D eigenvalue weighted by Gasteiger charge is 2.56. The number of fused-ring (bicyclic) bond motifs is 1. The van der Waals surface area contributed by atoms with Crippen LogP contribution in [0.3, 0.4) is 0 Å². The Balaban J connectivity index is 1.48. The van der Waals surface area contributed by atoms with Crippen LogP contribution in [0.5, 0.6) is 0 Å². The minimum absolute atomic E-state index is 0.102. The quantitative estimate of drug-likeness (QED) is 0.779. The second kappa shape index (κ2) is 4.00. The lowest BCUT2D eigenvalue weighted by Gasteiger charge is -2.13. The molecule has 4 nitrogen and oxygen atoms in total. The fourth-order valence-corrected chi connectivity index (χ4v) is 3.84. The lowest BCUT2D eigenvalue weighted by Crippen LogP contribution is -2.35. The fourth-order valence-electron chi connectivity index (χ4n) is 3.84. The highest BCUT2D eigenvalue weighted by Crippen LogP contribution is 2.57. The van der Waals surface area contributed by atoms with Gasteiger partial charge in [0.25, 0.3) is 0 Å². The van der Waals surface area contributed by atoms with Crippen molar-refractivity contribution in [3.8, 4) is 0 Å². The average Bonchev–Trinajstić information content (AvgIpc) is 2.72. The molecule has 0 spiro atoms. The summed E-state index contributed by atoms with van der Waals surface area (Å²) in [5.41, 5.74) is 0. The molecular weight excluding hydrogens is 218 g/mol. The first-order valence-corrected chi connectivity index (χ1v) is 6.70. The Morgan fingerprint density at radius 3 is 2.35 bits per heavy atom. The van der Waals surface area contributed by atoms with Crippen LogP contribution in [0.25, 0.3) is 0 Å². The molecule has 3 aliphatic carbocycles. The predicted octanol–water partition coefficient (Wildman–Crippen LogP) is 1.40. The molecule has 0 aromatic heterocycles. The first kappa shape index (κ1) is 11.1. The molecule has 3 fully saturated rings. The van der Waals surface area contributed by atoms with Gasteiger partial charge >= 0.3 is 5.97 Å². The molecule has 0 aromatic carbocycles. The van der Waals surface area contributed by atoms with Crippen LogP contribution in [-0.4, -0.2) is 23.0 Å². The van der Waals surface area contributed by atoms with Crippen LogP contribution < -0.4 is 5.32 Å². The Morgan fingerprint density at radius 2 is 1.76 bits per heavy atom. The number of hydrogen-bond donors (Lipinski definition) is 2. The maximum atomic E-state index is 12.0. The Hall–Kier alpha value is -1.06. The molecule has 3 saturated carbocycles. The van der Waals surface area contributed by atoms with E-state index in [1.807, 2.05) is 0 Å². The van der Waals surface area contributed by atoms with Crippen LogP contribution in [-0.2, 0) is 9.59 Å². The monoisotopic (exact) mass is 237 g/mol. The van der Waals surface area contributed by atoms with Crippen molar-refractivity contribution >= 4 is 11.9 Å². The van der Waals surface area contributed by atoms with E-state index >= 15 is 0 Å². The zero-order valence-electron chi connectivity index (χ0n) is 9.89. The van der Waals surface area contributed by atoms with Gasteiger partial charge < -0.3 is 10.4 Å². The molecule has 0 saturated heterocycles. The third-order valence-corrected chi connectivity index (χ3v) is 4.84. The van der Waals surface area contributed by atoms with E-state index in [0.717, 1.165) is 6.42 Å². The molecular formula is C13H19NO3. The Morgan fingerprint density at radius 1 is 1.06 bits per heavy atom. The smallest absolute Gasteiger partial charge is 0.306 e. The number of amides is 1. The van der Waals surface area contributed by atoms with Crippen molar-refractivity contribution in [3.05, 3.63) is 0 Å². The molecule has 2 unspecified atom stereocenters. The average molecular weight is 237 g/mol. The van der Waals surface area contributed by atoms with E-state index in [9.17, 15) is 9.59 Å². The van der Waals surface area contributed by atoms with Gasteiger partial charge in [0.2, 0.25) is 5.91 Å². The van der Waals surface area contributed by atoms with Crippen molar-refractivity contribution in [3.63, 3.8) is 0 Å². The highest BCUT2D eigenvalue weighted by atomic mass is 16.4. The molecule has 17 heavy (non-hydrogen) atoms. The number of carbonyl (C=O) groups excluding carboxylic acids is 1. The third-order valence-electron chi connectivity index (χ3n) is 4.84. The summed E-state index contributed by atoms with van der Waals surface area (Å²) in [6.07, 6.45) is 5.85. The van der Waals surface area contributed by atoms with Gasteiger partial charge in [-0.25, -0.2) is 0 Å². The van der Waals surface area contributed by atoms with Gasteiger partial charge in [0, 0.05) is 12.0 Å². The van der Waals surface area contributed by atoms with Crippen molar-refractivity contribution in [2.45, 2.75) is 44.6 Å². The summed E-state index contributed by atoms with van der Waals surface area (Å²) in [7, 11) is 0. The Labute approximate surface area is 101 Å². The van der Waals surface area contributed by atoms with Crippen molar-refractivity contribution < 1.29 is 14.7 Å². The molecule has 0 aromatic rings. The number of aliphatic carboxylic acids is 1.